The lowest BCUT2D eigenvalue weighted by atomic mass is 9.94. The summed E-state index contributed by atoms with van der Waals surface area (Å²) in [6.07, 6.45) is 3.28. The number of carbonyl (C=O) groups is 2. The maximum Gasteiger partial charge on any atom is 0.273 e. The second kappa shape index (κ2) is 9.64. The summed E-state index contributed by atoms with van der Waals surface area (Å²) < 4.78 is 0. The van der Waals surface area contributed by atoms with Gasteiger partial charge < -0.3 is 20.0 Å². The van der Waals surface area contributed by atoms with Crippen molar-refractivity contribution < 1.29 is 9.59 Å². The van der Waals surface area contributed by atoms with Gasteiger partial charge >= 0.3 is 0 Å². The normalized spacial score (nSPS) is 22.2. The molecule has 1 aliphatic carbocycles. The first-order chi connectivity index (χ1) is 16.8. The molecule has 1 saturated carbocycles. The van der Waals surface area contributed by atoms with Crippen molar-refractivity contribution >= 4 is 35.2 Å². The summed E-state index contributed by atoms with van der Waals surface area (Å²) in [5, 5.41) is 4.48. The van der Waals surface area contributed by atoms with Gasteiger partial charge in [0.1, 0.15) is 11.5 Å². The molecule has 186 valence electrons. The molecule has 5 rings (SSSR count). The van der Waals surface area contributed by atoms with Gasteiger partial charge in [0.15, 0.2) is 0 Å². The number of rotatable bonds is 5. The minimum atomic E-state index is -0.0373. The van der Waals surface area contributed by atoms with E-state index in [0.29, 0.717) is 50.3 Å². The first kappa shape index (κ1) is 23.9. The van der Waals surface area contributed by atoms with Gasteiger partial charge in [-0.2, -0.15) is 4.98 Å². The fourth-order valence-corrected chi connectivity index (χ4v) is 5.62. The molecule has 2 aromatic rings. The van der Waals surface area contributed by atoms with Gasteiger partial charge in [0.25, 0.3) is 5.91 Å². The van der Waals surface area contributed by atoms with Crippen molar-refractivity contribution in [3.05, 3.63) is 46.1 Å². The van der Waals surface area contributed by atoms with Crippen LogP contribution in [0.15, 0.2) is 24.3 Å². The minimum Gasteiger partial charge on any atom is -0.366 e. The molecule has 3 heterocycles. The zero-order valence-electron chi connectivity index (χ0n) is 20.6. The highest BCUT2D eigenvalue weighted by Gasteiger charge is 2.37. The van der Waals surface area contributed by atoms with E-state index in [9.17, 15) is 9.59 Å². The summed E-state index contributed by atoms with van der Waals surface area (Å²) in [4.78, 5) is 40.5. The topological polar surface area (TPSA) is 81.7 Å². The largest absolute Gasteiger partial charge is 0.366 e. The monoisotopic (exact) mass is 496 g/mol. The number of hydrogen-bond donors (Lipinski definition) is 1. The molecule has 0 bridgehead atoms. The van der Waals surface area contributed by atoms with Crippen molar-refractivity contribution in [3.63, 3.8) is 0 Å². The van der Waals surface area contributed by atoms with E-state index in [0.717, 1.165) is 35.7 Å². The molecule has 2 amide bonds. The number of anilines is 2. The SMILES string of the molecule is CC(=O)N1CCN(c2nc(N[C@@H]3CCC[C@@H]3c3ccc(Cl)cc3)c3c(n2)C(=O)N(C(C)C)C3)CC1. The summed E-state index contributed by atoms with van der Waals surface area (Å²) in [5.74, 6) is 1.73. The molecule has 0 spiro atoms. The quantitative estimate of drug-likeness (QED) is 0.675. The van der Waals surface area contributed by atoms with E-state index in [1.54, 1.807) is 6.92 Å². The Morgan fingerprint density at radius 3 is 2.46 bits per heavy atom. The van der Waals surface area contributed by atoms with Crippen LogP contribution in [0.1, 0.15) is 67.6 Å². The average Bonchev–Trinajstić information content (AvgIpc) is 3.44. The number of nitrogens with one attached hydrogen (secondary N) is 1. The Labute approximate surface area is 211 Å². The zero-order valence-corrected chi connectivity index (χ0v) is 21.4. The molecule has 0 unspecified atom stereocenters. The van der Waals surface area contributed by atoms with E-state index in [1.807, 2.05) is 35.8 Å². The van der Waals surface area contributed by atoms with Gasteiger partial charge in [-0.25, -0.2) is 4.98 Å². The molecule has 2 atom stereocenters. The predicted octanol–water partition coefficient (Wildman–Crippen LogP) is 3.91. The fourth-order valence-electron chi connectivity index (χ4n) is 5.49. The smallest absolute Gasteiger partial charge is 0.273 e. The first-order valence-corrected chi connectivity index (χ1v) is 12.9. The zero-order chi connectivity index (χ0) is 24.7. The van der Waals surface area contributed by atoms with Gasteiger partial charge in [-0.15, -0.1) is 0 Å². The third kappa shape index (κ3) is 4.68. The third-order valence-corrected chi connectivity index (χ3v) is 7.81. The van der Waals surface area contributed by atoms with Crippen molar-refractivity contribution in [3.8, 4) is 0 Å². The molecule has 3 aliphatic rings. The fraction of sp³-hybridized carbons (Fsp3) is 0.538. The molecule has 2 fully saturated rings. The maximum absolute atomic E-state index is 13.2. The lowest BCUT2D eigenvalue weighted by Crippen LogP contribution is -2.48. The standard InChI is InChI=1S/C26H33ClN6O2/c1-16(2)33-15-21-23(25(33)35)29-26(32-13-11-31(12-14-32)17(3)34)30-24(21)28-22-6-4-5-20(22)18-7-9-19(27)10-8-18/h7-10,16,20,22H,4-6,11-15H2,1-3H3,(H,28,29,30)/t20-,22-/m1/s1. The van der Waals surface area contributed by atoms with E-state index < -0.39 is 0 Å². The van der Waals surface area contributed by atoms with E-state index in [-0.39, 0.29) is 23.9 Å². The second-order valence-electron chi connectivity index (χ2n) is 10.1. The second-order valence-corrected chi connectivity index (χ2v) is 10.5. The molecule has 9 heteroatoms. The summed E-state index contributed by atoms with van der Waals surface area (Å²) >= 11 is 6.12. The Kier molecular flexibility index (Phi) is 6.57. The Balaban J connectivity index is 1.45. The number of piperazine rings is 1. The molecular formula is C26H33ClN6O2. The highest BCUT2D eigenvalue weighted by molar-refractivity contribution is 6.30. The van der Waals surface area contributed by atoms with Crippen molar-refractivity contribution in [2.75, 3.05) is 36.4 Å². The summed E-state index contributed by atoms with van der Waals surface area (Å²) in [6, 6.07) is 8.43. The Bertz CT molecular complexity index is 1110. The van der Waals surface area contributed by atoms with Crippen LogP contribution in [0.2, 0.25) is 5.02 Å². The summed E-state index contributed by atoms with van der Waals surface area (Å²) in [6.45, 7) is 8.73. The molecule has 2 aliphatic heterocycles. The lowest BCUT2D eigenvalue weighted by molar-refractivity contribution is -0.129. The number of aromatic nitrogens is 2. The van der Waals surface area contributed by atoms with Crippen LogP contribution in [-0.2, 0) is 11.3 Å². The van der Waals surface area contributed by atoms with Crippen LogP contribution in [-0.4, -0.2) is 69.8 Å². The van der Waals surface area contributed by atoms with Crippen molar-refractivity contribution in [2.24, 2.45) is 0 Å². The van der Waals surface area contributed by atoms with Crippen molar-refractivity contribution in [1.82, 2.24) is 19.8 Å². The number of amides is 2. The average molecular weight is 497 g/mol. The van der Waals surface area contributed by atoms with Crippen LogP contribution in [0, 0.1) is 0 Å². The van der Waals surface area contributed by atoms with E-state index in [2.05, 4.69) is 22.3 Å². The van der Waals surface area contributed by atoms with Crippen LogP contribution in [0.4, 0.5) is 11.8 Å². The number of halogens is 1. The van der Waals surface area contributed by atoms with Crippen molar-refractivity contribution in [2.45, 2.75) is 64.6 Å². The molecule has 1 aromatic carbocycles. The number of carbonyl (C=O) groups excluding carboxylic acids is 2. The van der Waals surface area contributed by atoms with Crippen LogP contribution in [0.5, 0.6) is 0 Å². The van der Waals surface area contributed by atoms with Gasteiger partial charge in [0.05, 0.1) is 6.54 Å². The molecule has 35 heavy (non-hydrogen) atoms. The molecule has 1 N–H and O–H groups in total. The predicted molar refractivity (Wildman–Crippen MR) is 137 cm³/mol. The number of fused-ring (bicyclic) bond motifs is 1. The third-order valence-electron chi connectivity index (χ3n) is 7.55. The highest BCUT2D eigenvalue weighted by Crippen LogP contribution is 2.39. The number of benzene rings is 1. The van der Waals surface area contributed by atoms with Gasteiger partial charge in [-0.05, 0) is 44.4 Å². The van der Waals surface area contributed by atoms with E-state index in [4.69, 9.17) is 21.6 Å². The van der Waals surface area contributed by atoms with Gasteiger partial charge in [0.2, 0.25) is 11.9 Å². The summed E-state index contributed by atoms with van der Waals surface area (Å²) in [7, 11) is 0. The molecule has 0 radical (unpaired) electrons. The van der Waals surface area contributed by atoms with E-state index >= 15 is 0 Å². The van der Waals surface area contributed by atoms with Crippen LogP contribution >= 0.6 is 11.6 Å². The number of hydrogen-bond acceptors (Lipinski definition) is 6. The molecule has 1 aromatic heterocycles. The van der Waals surface area contributed by atoms with Crippen LogP contribution in [0.25, 0.3) is 0 Å². The van der Waals surface area contributed by atoms with Crippen LogP contribution < -0.4 is 10.2 Å². The highest BCUT2D eigenvalue weighted by atomic mass is 35.5. The van der Waals surface area contributed by atoms with Crippen molar-refractivity contribution in [1.29, 1.82) is 0 Å². The number of nitrogens with zero attached hydrogens (tertiary/aromatic N) is 5. The molecule has 8 nitrogen and oxygen atoms in total. The van der Waals surface area contributed by atoms with Gasteiger partial charge in [-0.3, -0.25) is 9.59 Å². The Hall–Kier alpha value is -2.87. The van der Waals surface area contributed by atoms with Gasteiger partial charge in [0, 0.05) is 61.7 Å². The van der Waals surface area contributed by atoms with Gasteiger partial charge in [-0.1, -0.05) is 30.2 Å². The van der Waals surface area contributed by atoms with Crippen LogP contribution in [0.3, 0.4) is 0 Å². The van der Waals surface area contributed by atoms with E-state index in [1.165, 1.54) is 5.56 Å². The molecule has 1 saturated heterocycles. The summed E-state index contributed by atoms with van der Waals surface area (Å²) in [5.41, 5.74) is 2.66. The Morgan fingerprint density at radius 1 is 1.09 bits per heavy atom. The minimum absolute atomic E-state index is 0.0373. The first-order valence-electron chi connectivity index (χ1n) is 12.6. The maximum atomic E-state index is 13.2. The molecular weight excluding hydrogens is 464 g/mol. The lowest BCUT2D eigenvalue weighted by Gasteiger charge is -2.34. The Morgan fingerprint density at radius 2 is 1.80 bits per heavy atom.